The topological polar surface area (TPSA) is 84.2 Å². The zero-order valence-electron chi connectivity index (χ0n) is 17.1. The Kier molecular flexibility index (Phi) is 7.77. The van der Waals surface area contributed by atoms with Gasteiger partial charge in [0, 0.05) is 12.1 Å². The number of nitrogens with zero attached hydrogens (tertiary/aromatic N) is 1. The number of hydrogen-bond donors (Lipinski definition) is 2. The quantitative estimate of drug-likeness (QED) is 0.691. The van der Waals surface area contributed by atoms with Crippen molar-refractivity contribution in [2.45, 2.75) is 78.0 Å². The van der Waals surface area contributed by atoms with Crippen LogP contribution in [0.25, 0.3) is 0 Å². The molecular formula is C20H33N3O3S. The van der Waals surface area contributed by atoms with E-state index in [1.807, 2.05) is 0 Å². The Hall–Kier alpha value is -1.50. The lowest BCUT2D eigenvalue weighted by molar-refractivity contribution is -0.119. The fraction of sp³-hybridized carbons (Fsp3) is 0.750. The molecule has 0 bridgehead atoms. The third-order valence-corrected chi connectivity index (χ3v) is 6.96. The van der Waals surface area contributed by atoms with Crippen molar-refractivity contribution < 1.29 is 14.1 Å². The van der Waals surface area contributed by atoms with Gasteiger partial charge in [-0.25, -0.2) is 0 Å². The molecule has 2 N–H and O–H groups in total. The predicted octanol–water partition coefficient (Wildman–Crippen LogP) is 4.15. The summed E-state index contributed by atoms with van der Waals surface area (Å²) in [6, 6.07) is 1.93. The molecule has 1 unspecified atom stereocenters. The van der Waals surface area contributed by atoms with Crippen LogP contribution in [-0.4, -0.2) is 34.0 Å². The van der Waals surface area contributed by atoms with E-state index in [4.69, 9.17) is 4.52 Å². The smallest absolute Gasteiger partial charge is 0.238 e. The number of aromatic nitrogens is 1. The second-order valence-electron chi connectivity index (χ2n) is 8.22. The molecule has 0 saturated heterocycles. The van der Waals surface area contributed by atoms with E-state index in [0.29, 0.717) is 17.0 Å². The van der Waals surface area contributed by atoms with Crippen LogP contribution in [0, 0.1) is 18.3 Å². The summed E-state index contributed by atoms with van der Waals surface area (Å²) < 4.78 is 4.93. The molecule has 6 nitrogen and oxygen atoms in total. The van der Waals surface area contributed by atoms with E-state index < -0.39 is 0 Å². The molecule has 2 rings (SSSR count). The number of nitrogens with one attached hydrogen (secondary N) is 2. The van der Waals surface area contributed by atoms with E-state index in [2.05, 4.69) is 36.6 Å². The number of aryl methyl sites for hydroxylation is 1. The van der Waals surface area contributed by atoms with Gasteiger partial charge in [-0.1, -0.05) is 32.3 Å². The van der Waals surface area contributed by atoms with Crippen molar-refractivity contribution in [3.63, 3.8) is 0 Å². The summed E-state index contributed by atoms with van der Waals surface area (Å²) in [6.45, 7) is 10.5. The van der Waals surface area contributed by atoms with Crippen molar-refractivity contribution >= 4 is 29.4 Å². The number of carbonyl (C=O) groups excluding carboxylic acids is 2. The monoisotopic (exact) mass is 395 g/mol. The molecule has 1 aliphatic carbocycles. The summed E-state index contributed by atoms with van der Waals surface area (Å²) >= 11 is 1.33. The molecule has 27 heavy (non-hydrogen) atoms. The summed E-state index contributed by atoms with van der Waals surface area (Å²) in [5.74, 6) is 1.91. The summed E-state index contributed by atoms with van der Waals surface area (Å²) in [7, 11) is 0. The fourth-order valence-electron chi connectivity index (χ4n) is 3.51. The standard InChI is InChI=1S/C20H33N3O3S/c1-6-20(4,5)15-7-9-16(10-8-15)21-18(24)12-27-14(3)19(25)22-17-11-13(2)26-23-17/h11,14-16H,6-10,12H2,1-5H3,(H,21,24)(H,22,23,25). The van der Waals surface area contributed by atoms with Crippen molar-refractivity contribution in [3.8, 4) is 0 Å². The highest BCUT2D eigenvalue weighted by Gasteiger charge is 2.32. The van der Waals surface area contributed by atoms with Gasteiger partial charge in [0.2, 0.25) is 11.8 Å². The molecule has 1 aliphatic rings. The second kappa shape index (κ2) is 9.62. The van der Waals surface area contributed by atoms with Crippen molar-refractivity contribution in [2.75, 3.05) is 11.1 Å². The van der Waals surface area contributed by atoms with E-state index in [0.717, 1.165) is 18.8 Å². The first kappa shape index (κ1) is 21.8. The molecule has 1 atom stereocenters. The Bertz CT molecular complexity index is 636. The first-order valence-corrected chi connectivity index (χ1v) is 10.9. The Balaban J connectivity index is 1.68. The van der Waals surface area contributed by atoms with Crippen LogP contribution in [0.2, 0.25) is 0 Å². The minimum absolute atomic E-state index is 0.00938. The Morgan fingerprint density at radius 1 is 1.33 bits per heavy atom. The van der Waals surface area contributed by atoms with Gasteiger partial charge in [-0.3, -0.25) is 9.59 Å². The highest BCUT2D eigenvalue weighted by molar-refractivity contribution is 8.01. The number of hydrogen-bond acceptors (Lipinski definition) is 5. The molecule has 152 valence electrons. The maximum absolute atomic E-state index is 12.2. The van der Waals surface area contributed by atoms with Crippen LogP contribution in [0.15, 0.2) is 10.6 Å². The van der Waals surface area contributed by atoms with Crippen molar-refractivity contribution in [1.29, 1.82) is 0 Å². The highest BCUT2D eigenvalue weighted by Crippen LogP contribution is 2.40. The second-order valence-corrected chi connectivity index (χ2v) is 9.55. The van der Waals surface area contributed by atoms with Crippen LogP contribution in [-0.2, 0) is 9.59 Å². The Labute approximate surface area is 166 Å². The van der Waals surface area contributed by atoms with E-state index in [-0.39, 0.29) is 28.9 Å². The van der Waals surface area contributed by atoms with Gasteiger partial charge in [0.25, 0.3) is 0 Å². The molecule has 1 saturated carbocycles. The van der Waals surface area contributed by atoms with Crippen LogP contribution < -0.4 is 10.6 Å². The first-order valence-electron chi connectivity index (χ1n) is 9.86. The van der Waals surface area contributed by atoms with Crippen LogP contribution in [0.1, 0.15) is 65.6 Å². The van der Waals surface area contributed by atoms with Gasteiger partial charge in [0.05, 0.1) is 11.0 Å². The fourth-order valence-corrected chi connectivity index (χ4v) is 4.20. The lowest BCUT2D eigenvalue weighted by Crippen LogP contribution is -2.41. The van der Waals surface area contributed by atoms with Crippen LogP contribution in [0.5, 0.6) is 0 Å². The summed E-state index contributed by atoms with van der Waals surface area (Å²) in [6.07, 6.45) is 5.64. The third kappa shape index (κ3) is 6.55. The minimum atomic E-state index is -0.339. The molecule has 1 aromatic heterocycles. The van der Waals surface area contributed by atoms with Crippen LogP contribution >= 0.6 is 11.8 Å². The van der Waals surface area contributed by atoms with E-state index >= 15 is 0 Å². The number of amides is 2. The number of carbonyl (C=O) groups is 2. The SMILES string of the molecule is CCC(C)(C)C1CCC(NC(=O)CSC(C)C(=O)Nc2cc(C)on2)CC1. The van der Waals surface area contributed by atoms with Crippen molar-refractivity contribution in [3.05, 3.63) is 11.8 Å². The van der Waals surface area contributed by atoms with Gasteiger partial charge < -0.3 is 15.2 Å². The third-order valence-electron chi connectivity index (χ3n) is 5.82. The van der Waals surface area contributed by atoms with E-state index in [9.17, 15) is 9.59 Å². The predicted molar refractivity (Wildman–Crippen MR) is 110 cm³/mol. The molecule has 7 heteroatoms. The zero-order valence-corrected chi connectivity index (χ0v) is 17.9. The molecule has 2 amide bonds. The number of thioether (sulfide) groups is 1. The van der Waals surface area contributed by atoms with Crippen LogP contribution in [0.3, 0.4) is 0 Å². The average Bonchev–Trinajstić information content (AvgIpc) is 3.04. The van der Waals surface area contributed by atoms with Gasteiger partial charge in [-0.15, -0.1) is 11.8 Å². The number of anilines is 1. The normalized spacial score (nSPS) is 21.5. The van der Waals surface area contributed by atoms with Gasteiger partial charge in [-0.05, 0) is 50.9 Å². The molecule has 0 radical (unpaired) electrons. The van der Waals surface area contributed by atoms with Gasteiger partial charge in [-0.2, -0.15) is 0 Å². The molecule has 1 fully saturated rings. The number of rotatable bonds is 8. The van der Waals surface area contributed by atoms with Crippen molar-refractivity contribution in [2.24, 2.45) is 11.3 Å². The summed E-state index contributed by atoms with van der Waals surface area (Å²) in [5, 5.41) is 9.24. The lowest BCUT2D eigenvalue weighted by Gasteiger charge is -2.39. The molecule has 0 spiro atoms. The zero-order chi connectivity index (χ0) is 20.0. The van der Waals surface area contributed by atoms with Crippen LogP contribution in [0.4, 0.5) is 5.82 Å². The largest absolute Gasteiger partial charge is 0.360 e. The van der Waals surface area contributed by atoms with Gasteiger partial charge in [0.1, 0.15) is 5.76 Å². The molecule has 0 aromatic carbocycles. The Morgan fingerprint density at radius 2 is 2.00 bits per heavy atom. The maximum Gasteiger partial charge on any atom is 0.238 e. The molecular weight excluding hydrogens is 362 g/mol. The molecule has 0 aliphatic heterocycles. The van der Waals surface area contributed by atoms with E-state index in [1.54, 1.807) is 19.9 Å². The molecule has 1 aromatic rings. The maximum atomic E-state index is 12.2. The van der Waals surface area contributed by atoms with Gasteiger partial charge >= 0.3 is 0 Å². The lowest BCUT2D eigenvalue weighted by atomic mass is 9.69. The summed E-state index contributed by atoms with van der Waals surface area (Å²) in [5.41, 5.74) is 0.385. The first-order chi connectivity index (χ1) is 12.7. The van der Waals surface area contributed by atoms with Gasteiger partial charge in [0.15, 0.2) is 5.82 Å². The van der Waals surface area contributed by atoms with Crippen molar-refractivity contribution in [1.82, 2.24) is 10.5 Å². The average molecular weight is 396 g/mol. The van der Waals surface area contributed by atoms with E-state index in [1.165, 1.54) is 31.0 Å². The summed E-state index contributed by atoms with van der Waals surface area (Å²) in [4.78, 5) is 24.4. The Morgan fingerprint density at radius 3 is 2.56 bits per heavy atom. The minimum Gasteiger partial charge on any atom is -0.360 e. The highest BCUT2D eigenvalue weighted by atomic mass is 32.2. The molecule has 1 heterocycles.